The quantitative estimate of drug-likeness (QED) is 0.285. The van der Waals surface area contributed by atoms with Crippen molar-refractivity contribution < 1.29 is 19.6 Å². The van der Waals surface area contributed by atoms with Crippen LogP contribution in [-0.4, -0.2) is 23.1 Å². The number of nitro benzene ring substituents is 1. The first-order chi connectivity index (χ1) is 7.99. The maximum Gasteiger partial charge on any atom is 0.342 e. The van der Waals surface area contributed by atoms with E-state index in [0.717, 1.165) is 7.11 Å². The number of nitrogens with zero attached hydrogens (tertiary/aromatic N) is 1. The monoisotopic (exact) mass is 237 g/mol. The summed E-state index contributed by atoms with van der Waals surface area (Å²) in [5.41, 5.74) is -0.439. The van der Waals surface area contributed by atoms with Gasteiger partial charge in [0.1, 0.15) is 11.3 Å². The Balaban J connectivity index is 3.45. The van der Waals surface area contributed by atoms with Crippen LogP contribution in [0.4, 0.5) is 5.69 Å². The van der Waals surface area contributed by atoms with E-state index in [2.05, 4.69) is 4.74 Å². The van der Waals surface area contributed by atoms with Gasteiger partial charge in [0.2, 0.25) is 0 Å². The summed E-state index contributed by atoms with van der Waals surface area (Å²) < 4.78 is 4.48. The van der Waals surface area contributed by atoms with E-state index >= 15 is 0 Å². The third-order valence-corrected chi connectivity index (χ3v) is 2.12. The van der Waals surface area contributed by atoms with E-state index in [9.17, 15) is 20.0 Å². The number of nitro groups is 1. The van der Waals surface area contributed by atoms with E-state index in [4.69, 9.17) is 0 Å². The molecule has 0 aromatic heterocycles. The van der Waals surface area contributed by atoms with Gasteiger partial charge < -0.3 is 9.84 Å². The fraction of sp³-hybridized carbons (Fsp3) is 0.182. The summed E-state index contributed by atoms with van der Waals surface area (Å²) in [5.74, 6) is -1.15. The number of methoxy groups -OCH3 is 1. The van der Waals surface area contributed by atoms with Crippen LogP contribution in [0.1, 0.15) is 12.5 Å². The van der Waals surface area contributed by atoms with E-state index in [1.165, 1.54) is 31.2 Å². The van der Waals surface area contributed by atoms with Crippen LogP contribution in [0.25, 0.3) is 5.57 Å². The van der Waals surface area contributed by atoms with Crippen LogP contribution in [0.3, 0.4) is 0 Å². The van der Waals surface area contributed by atoms with Crippen LogP contribution in [0.2, 0.25) is 0 Å². The zero-order valence-corrected chi connectivity index (χ0v) is 9.34. The third-order valence-electron chi connectivity index (χ3n) is 2.12. The molecule has 0 aliphatic carbocycles. The molecule has 0 saturated carbocycles. The van der Waals surface area contributed by atoms with E-state index in [1.54, 1.807) is 0 Å². The number of hydrogen-bond donors (Lipinski definition) is 1. The second-order valence-electron chi connectivity index (χ2n) is 3.23. The number of para-hydroxylation sites is 1. The van der Waals surface area contributed by atoms with Gasteiger partial charge in [0.05, 0.1) is 17.6 Å². The van der Waals surface area contributed by atoms with E-state index in [1.807, 2.05) is 0 Å². The van der Waals surface area contributed by atoms with Gasteiger partial charge in [-0.1, -0.05) is 12.1 Å². The fourth-order valence-corrected chi connectivity index (χ4v) is 1.40. The molecular weight excluding hydrogens is 226 g/mol. The molecule has 6 nitrogen and oxygen atoms in total. The summed E-state index contributed by atoms with van der Waals surface area (Å²) in [5, 5.41) is 20.2. The lowest BCUT2D eigenvalue weighted by Gasteiger charge is -2.07. The molecule has 0 amide bonds. The average molecular weight is 237 g/mol. The predicted molar refractivity (Wildman–Crippen MR) is 60.3 cm³/mol. The zero-order valence-electron chi connectivity index (χ0n) is 9.34. The van der Waals surface area contributed by atoms with Crippen molar-refractivity contribution in [2.75, 3.05) is 7.11 Å². The Hall–Kier alpha value is -2.37. The molecule has 0 radical (unpaired) electrons. The molecule has 0 atom stereocenters. The number of ether oxygens (including phenoxy) is 1. The topological polar surface area (TPSA) is 89.7 Å². The molecule has 1 aromatic rings. The number of hydrogen-bond acceptors (Lipinski definition) is 5. The van der Waals surface area contributed by atoms with Gasteiger partial charge in [-0.25, -0.2) is 4.79 Å². The second-order valence-corrected chi connectivity index (χ2v) is 3.23. The summed E-state index contributed by atoms with van der Waals surface area (Å²) in [6, 6.07) is 5.64. The molecule has 90 valence electrons. The van der Waals surface area contributed by atoms with Gasteiger partial charge in [0.15, 0.2) is 0 Å². The number of allylic oxidation sites excluding steroid dienone is 1. The molecule has 0 bridgehead atoms. The third kappa shape index (κ3) is 2.60. The zero-order chi connectivity index (χ0) is 13.0. The molecule has 17 heavy (non-hydrogen) atoms. The molecule has 0 unspecified atom stereocenters. The van der Waals surface area contributed by atoms with Crippen LogP contribution >= 0.6 is 0 Å². The van der Waals surface area contributed by atoms with Crippen LogP contribution in [0, 0.1) is 10.1 Å². The Kier molecular flexibility index (Phi) is 3.82. The Labute approximate surface area is 97.3 Å². The maximum atomic E-state index is 11.5. The van der Waals surface area contributed by atoms with Crippen LogP contribution in [-0.2, 0) is 9.53 Å². The minimum atomic E-state index is -0.820. The van der Waals surface area contributed by atoms with Crippen molar-refractivity contribution in [2.45, 2.75) is 6.92 Å². The smallest absolute Gasteiger partial charge is 0.342 e. The van der Waals surface area contributed by atoms with Gasteiger partial charge in [-0.2, -0.15) is 0 Å². The first kappa shape index (κ1) is 12.7. The number of benzene rings is 1. The van der Waals surface area contributed by atoms with Crippen molar-refractivity contribution in [3.63, 3.8) is 0 Å². The van der Waals surface area contributed by atoms with Crippen LogP contribution < -0.4 is 0 Å². The van der Waals surface area contributed by atoms with E-state index in [-0.39, 0.29) is 22.6 Å². The van der Waals surface area contributed by atoms with Crippen molar-refractivity contribution in [3.8, 4) is 0 Å². The maximum absolute atomic E-state index is 11.5. The summed E-state index contributed by atoms with van der Waals surface area (Å²) in [6.07, 6.45) is 0. The number of esters is 1. The first-order valence-corrected chi connectivity index (χ1v) is 4.71. The molecule has 1 rings (SSSR count). The molecule has 0 saturated heterocycles. The minimum absolute atomic E-state index is 0.0318. The Morgan fingerprint density at radius 2 is 2.00 bits per heavy atom. The number of aliphatic hydroxyl groups excluding tert-OH is 1. The Morgan fingerprint density at radius 3 is 2.47 bits per heavy atom. The molecule has 6 heteroatoms. The van der Waals surface area contributed by atoms with Gasteiger partial charge in [-0.15, -0.1) is 0 Å². The summed E-state index contributed by atoms with van der Waals surface area (Å²) in [7, 11) is 1.14. The molecule has 0 fully saturated rings. The highest BCUT2D eigenvalue weighted by Crippen LogP contribution is 2.28. The lowest BCUT2D eigenvalue weighted by molar-refractivity contribution is -0.385. The lowest BCUT2D eigenvalue weighted by Crippen LogP contribution is -2.08. The van der Waals surface area contributed by atoms with Crippen molar-refractivity contribution in [2.24, 2.45) is 0 Å². The van der Waals surface area contributed by atoms with E-state index < -0.39 is 10.9 Å². The Bertz CT molecular complexity index is 488. The summed E-state index contributed by atoms with van der Waals surface area (Å²) >= 11 is 0. The predicted octanol–water partition coefficient (Wildman–Crippen LogP) is 2.06. The van der Waals surface area contributed by atoms with Gasteiger partial charge in [0, 0.05) is 6.07 Å². The number of carbonyl (C=O) groups excluding carboxylic acids is 1. The molecular formula is C11H11NO5. The van der Waals surface area contributed by atoms with Gasteiger partial charge in [0.25, 0.3) is 5.69 Å². The first-order valence-electron chi connectivity index (χ1n) is 4.71. The highest BCUT2D eigenvalue weighted by molar-refractivity contribution is 6.18. The summed E-state index contributed by atoms with van der Waals surface area (Å²) in [4.78, 5) is 21.7. The van der Waals surface area contributed by atoms with Crippen molar-refractivity contribution in [1.29, 1.82) is 0 Å². The Morgan fingerprint density at radius 1 is 1.41 bits per heavy atom. The van der Waals surface area contributed by atoms with Crippen LogP contribution in [0.15, 0.2) is 30.0 Å². The average Bonchev–Trinajstić information content (AvgIpc) is 2.29. The molecule has 1 aromatic carbocycles. The minimum Gasteiger partial charge on any atom is -0.512 e. The standard InChI is InChI=1S/C11H11NO5/c1-7(13)10(11(14)17-2)8-5-3-4-6-9(8)12(15)16/h3-6,13H,1-2H3. The lowest BCUT2D eigenvalue weighted by atomic mass is 10.0. The van der Waals surface area contributed by atoms with Crippen LogP contribution in [0.5, 0.6) is 0 Å². The number of carbonyl (C=O) groups is 1. The molecule has 0 heterocycles. The largest absolute Gasteiger partial charge is 0.512 e. The molecule has 0 spiro atoms. The highest BCUT2D eigenvalue weighted by Gasteiger charge is 2.24. The van der Waals surface area contributed by atoms with Gasteiger partial charge in [-0.05, 0) is 13.0 Å². The van der Waals surface area contributed by atoms with Gasteiger partial charge in [-0.3, -0.25) is 10.1 Å². The van der Waals surface area contributed by atoms with Gasteiger partial charge >= 0.3 is 5.97 Å². The van der Waals surface area contributed by atoms with Crippen molar-refractivity contribution in [3.05, 3.63) is 45.7 Å². The molecule has 0 aliphatic rings. The van der Waals surface area contributed by atoms with E-state index in [0.29, 0.717) is 0 Å². The molecule has 0 aliphatic heterocycles. The summed E-state index contributed by atoms with van der Waals surface area (Å²) in [6.45, 7) is 1.27. The normalized spacial score (nSPS) is 11.6. The fourth-order valence-electron chi connectivity index (χ4n) is 1.40. The van der Waals surface area contributed by atoms with Crippen molar-refractivity contribution >= 4 is 17.2 Å². The number of rotatable bonds is 3. The SMILES string of the molecule is COC(=O)C(=C(C)O)c1ccccc1[N+](=O)[O-]. The second kappa shape index (κ2) is 5.11. The molecule has 1 N–H and O–H groups in total. The number of aliphatic hydroxyl groups is 1. The highest BCUT2D eigenvalue weighted by atomic mass is 16.6. The van der Waals surface area contributed by atoms with Crippen molar-refractivity contribution in [1.82, 2.24) is 0 Å².